The van der Waals surface area contributed by atoms with Crippen molar-refractivity contribution in [3.05, 3.63) is 106 Å². The summed E-state index contributed by atoms with van der Waals surface area (Å²) >= 11 is 0. The minimum absolute atomic E-state index is 0. The summed E-state index contributed by atoms with van der Waals surface area (Å²) in [7, 11) is -3.21. The molecule has 2 aromatic carbocycles. The van der Waals surface area contributed by atoms with Crippen LogP contribution >= 0.6 is 0 Å². The van der Waals surface area contributed by atoms with Gasteiger partial charge < -0.3 is 0 Å². The van der Waals surface area contributed by atoms with Crippen LogP contribution in [0.4, 0.5) is 0 Å². The van der Waals surface area contributed by atoms with Crippen molar-refractivity contribution in [3.63, 3.8) is 0 Å². The van der Waals surface area contributed by atoms with Crippen LogP contribution in [0.15, 0.2) is 94.1 Å². The first-order valence-corrected chi connectivity index (χ1v) is 19.3. The van der Waals surface area contributed by atoms with Crippen LogP contribution in [0.2, 0.25) is 36.3 Å². The molecule has 2 aromatic rings. The second-order valence-electron chi connectivity index (χ2n) is 12.2. The van der Waals surface area contributed by atoms with Gasteiger partial charge in [0.1, 0.15) is 0 Å². The van der Waals surface area contributed by atoms with Crippen molar-refractivity contribution >= 4 is 64.3 Å². The van der Waals surface area contributed by atoms with Crippen LogP contribution in [0.1, 0.15) is 55.4 Å². The van der Waals surface area contributed by atoms with E-state index in [4.69, 9.17) is 0 Å². The fourth-order valence-electron chi connectivity index (χ4n) is 5.97. The summed E-state index contributed by atoms with van der Waals surface area (Å²) in [6.45, 7) is 28.0. The Balaban J connectivity index is 0.000000253. The molecule has 0 nitrogen and oxygen atoms in total. The van der Waals surface area contributed by atoms with Crippen LogP contribution in [0.3, 0.4) is 0 Å². The van der Waals surface area contributed by atoms with Gasteiger partial charge in [-0.15, -0.1) is 13.8 Å². The molecule has 0 saturated carbocycles. The van der Waals surface area contributed by atoms with Crippen LogP contribution < -0.4 is 10.4 Å². The zero-order chi connectivity index (χ0) is 27.1. The molecule has 192 valence electrons. The predicted molar refractivity (Wildman–Crippen MR) is 171 cm³/mol. The van der Waals surface area contributed by atoms with Gasteiger partial charge in [0.05, 0.1) is 16.1 Å². The molecule has 2 aliphatic rings. The Morgan fingerprint density at radius 3 is 1.00 bits per heavy atom. The molecule has 0 radical (unpaired) electrons. The van der Waals surface area contributed by atoms with Crippen LogP contribution in [0, 0.1) is 12.2 Å². The standard InChI is InChI=1S/2C17H23Si.Ca/c2*1-13-12-17(4,15(3)14(13)2)18(5,6)16-10-8-7-9-11-16;/h2*7-11H,1-6H3;/q2*-1;+2. The molecule has 2 unspecified atom stereocenters. The van der Waals surface area contributed by atoms with E-state index in [0.717, 1.165) is 0 Å². The molecule has 0 amide bonds. The van der Waals surface area contributed by atoms with Gasteiger partial charge in [-0.2, -0.15) is 22.3 Å². The summed E-state index contributed by atoms with van der Waals surface area (Å²) in [6, 6.07) is 22.0. The fraction of sp³-hybridized carbons (Fsp3) is 0.412. The van der Waals surface area contributed by atoms with Gasteiger partial charge in [0.2, 0.25) is 0 Å². The van der Waals surface area contributed by atoms with E-state index in [2.05, 4.69) is 154 Å². The Labute approximate surface area is 260 Å². The minimum Gasteiger partial charge on any atom is -0.265 e. The summed E-state index contributed by atoms with van der Waals surface area (Å²) in [5, 5.41) is 3.29. The topological polar surface area (TPSA) is 0 Å². The van der Waals surface area contributed by atoms with E-state index in [1.165, 1.54) is 43.8 Å². The molecule has 0 spiro atoms. The molecular formula is C34H46CaSi2. The van der Waals surface area contributed by atoms with E-state index in [9.17, 15) is 0 Å². The first-order valence-electron chi connectivity index (χ1n) is 13.3. The zero-order valence-corrected chi connectivity index (χ0v) is 29.7. The van der Waals surface area contributed by atoms with Gasteiger partial charge >= 0.3 is 37.7 Å². The van der Waals surface area contributed by atoms with Gasteiger partial charge in [-0.3, -0.25) is 12.2 Å². The molecule has 0 N–H and O–H groups in total. The molecule has 3 heteroatoms. The molecule has 0 fully saturated rings. The molecular weight excluding hydrogens is 505 g/mol. The summed E-state index contributed by atoms with van der Waals surface area (Å²) in [5.74, 6) is 0. The molecule has 0 bridgehead atoms. The Morgan fingerprint density at radius 1 is 0.514 bits per heavy atom. The van der Waals surface area contributed by atoms with E-state index < -0.39 is 16.1 Å². The van der Waals surface area contributed by atoms with Gasteiger partial charge in [-0.1, -0.05) is 149 Å². The molecule has 4 rings (SSSR count). The Morgan fingerprint density at radius 2 is 0.784 bits per heavy atom. The maximum Gasteiger partial charge on any atom is 2.00 e. The first-order chi connectivity index (χ1) is 16.6. The van der Waals surface area contributed by atoms with Gasteiger partial charge in [-0.25, -0.2) is 11.1 Å². The number of hydrogen-bond acceptors (Lipinski definition) is 0. The zero-order valence-electron chi connectivity index (χ0n) is 25.5. The summed E-state index contributed by atoms with van der Waals surface area (Å²) < 4.78 is 0. The second-order valence-corrected chi connectivity index (χ2v) is 21.9. The van der Waals surface area contributed by atoms with Crippen molar-refractivity contribution in [3.8, 4) is 0 Å². The monoisotopic (exact) mass is 550 g/mol. The maximum atomic E-state index is 3.77. The van der Waals surface area contributed by atoms with Crippen molar-refractivity contribution in [1.82, 2.24) is 0 Å². The van der Waals surface area contributed by atoms with Crippen molar-refractivity contribution in [2.45, 2.75) is 91.7 Å². The Bertz CT molecular complexity index is 1150. The molecule has 37 heavy (non-hydrogen) atoms. The third-order valence-electron chi connectivity index (χ3n) is 10.1. The number of rotatable bonds is 4. The van der Waals surface area contributed by atoms with E-state index in [0.29, 0.717) is 0 Å². The van der Waals surface area contributed by atoms with E-state index in [-0.39, 0.29) is 47.8 Å². The van der Waals surface area contributed by atoms with Crippen molar-refractivity contribution in [2.24, 2.45) is 0 Å². The summed E-state index contributed by atoms with van der Waals surface area (Å²) in [6.07, 6.45) is 7.55. The first kappa shape index (κ1) is 32.3. The maximum absolute atomic E-state index is 3.77. The molecule has 0 aliphatic heterocycles. The van der Waals surface area contributed by atoms with Crippen LogP contribution in [0.5, 0.6) is 0 Å². The molecule has 0 aromatic heterocycles. The van der Waals surface area contributed by atoms with E-state index in [1.807, 2.05) is 0 Å². The number of allylic oxidation sites excluding steroid dienone is 8. The molecule has 2 aliphatic carbocycles. The van der Waals surface area contributed by atoms with Crippen molar-refractivity contribution in [1.29, 1.82) is 0 Å². The van der Waals surface area contributed by atoms with E-state index in [1.54, 1.807) is 0 Å². The predicted octanol–water partition coefficient (Wildman–Crippen LogP) is 8.54. The smallest absolute Gasteiger partial charge is 0.265 e. The van der Waals surface area contributed by atoms with Crippen LogP contribution in [-0.2, 0) is 0 Å². The quantitative estimate of drug-likeness (QED) is 0.264. The average Bonchev–Trinajstić information content (AvgIpc) is 3.20. The minimum atomic E-state index is -1.61. The molecule has 2 atom stereocenters. The Kier molecular flexibility index (Phi) is 10.2. The van der Waals surface area contributed by atoms with E-state index >= 15 is 0 Å². The molecule has 0 heterocycles. The summed E-state index contributed by atoms with van der Waals surface area (Å²) in [4.78, 5) is 0. The van der Waals surface area contributed by atoms with Gasteiger partial charge in [0.25, 0.3) is 0 Å². The summed E-state index contributed by atoms with van der Waals surface area (Å²) in [5.41, 5.74) is 8.59. The van der Waals surface area contributed by atoms with Gasteiger partial charge in [0.15, 0.2) is 0 Å². The molecule has 0 saturated heterocycles. The van der Waals surface area contributed by atoms with Crippen molar-refractivity contribution < 1.29 is 0 Å². The Hall–Kier alpha value is -0.906. The van der Waals surface area contributed by atoms with Gasteiger partial charge in [-0.05, 0) is 0 Å². The van der Waals surface area contributed by atoms with Gasteiger partial charge in [0, 0.05) is 0 Å². The largest absolute Gasteiger partial charge is 2.00 e. The number of benzene rings is 2. The average molecular weight is 551 g/mol. The van der Waals surface area contributed by atoms with Crippen LogP contribution in [0.25, 0.3) is 0 Å². The number of hydrogen-bond donors (Lipinski definition) is 0. The third-order valence-corrected chi connectivity index (χ3v) is 19.7. The SMILES string of the molecule is CC1=[C-]C(C)([Si](C)(C)c2ccccc2)C(C)=C1C.CC1=[C-]C(C)([Si](C)(C)c2ccccc2)C(C)=C1C.[Ca+2]. The second kappa shape index (κ2) is 11.7. The van der Waals surface area contributed by atoms with Crippen LogP contribution in [-0.4, -0.2) is 53.9 Å². The fourth-order valence-corrected chi connectivity index (χ4v) is 12.4. The third kappa shape index (κ3) is 5.57. The van der Waals surface area contributed by atoms with Crippen molar-refractivity contribution in [2.75, 3.05) is 0 Å². The normalized spacial score (nSPS) is 23.8.